The third kappa shape index (κ3) is 2.77. The van der Waals surface area contributed by atoms with Crippen molar-refractivity contribution in [2.24, 2.45) is 0 Å². The summed E-state index contributed by atoms with van der Waals surface area (Å²) in [5.41, 5.74) is -1.94. The highest BCUT2D eigenvalue weighted by atomic mass is 19.1. The number of ether oxygens (including phenoxy) is 1. The number of β-amino-alcohol motifs (C(OH)–C–C–N with tert-alkyl or cyclic N) is 1. The Morgan fingerprint density at radius 2 is 2.07 bits per heavy atom. The number of fused-ring (bicyclic) bond motifs is 1. The lowest BCUT2D eigenvalue weighted by atomic mass is 9.94. The maximum Gasteiger partial charge on any atom is 0.350 e. The van der Waals surface area contributed by atoms with Crippen LogP contribution in [0.2, 0.25) is 0 Å². The van der Waals surface area contributed by atoms with Crippen LogP contribution in [-0.4, -0.2) is 40.2 Å². The second-order valence-corrected chi connectivity index (χ2v) is 7.72. The average Bonchev–Trinajstić information content (AvgIpc) is 3.43. The van der Waals surface area contributed by atoms with Crippen LogP contribution < -0.4 is 26.7 Å². The molecule has 146 valence electrons. The molecule has 1 unspecified atom stereocenters. The van der Waals surface area contributed by atoms with Crippen LogP contribution in [0.25, 0.3) is 10.9 Å². The van der Waals surface area contributed by atoms with Crippen LogP contribution in [0, 0.1) is 5.82 Å². The molecule has 4 rings (SSSR count). The van der Waals surface area contributed by atoms with E-state index in [0.29, 0.717) is 24.1 Å². The zero-order valence-corrected chi connectivity index (χ0v) is 15.4. The number of benzene rings is 1. The SMILES string of the molecule is COc1c(N2CCCC(C)(O)C2)c(F)cc2c(=O)n(N)c(=O)n(C3CC3)c12. The van der Waals surface area contributed by atoms with Crippen molar-refractivity contribution in [1.82, 2.24) is 9.24 Å². The van der Waals surface area contributed by atoms with Gasteiger partial charge in [0.1, 0.15) is 11.2 Å². The van der Waals surface area contributed by atoms with Crippen LogP contribution in [0.1, 0.15) is 38.6 Å². The number of methoxy groups -OCH3 is 1. The van der Waals surface area contributed by atoms with Crippen LogP contribution in [0.4, 0.5) is 10.1 Å². The normalized spacial score (nSPS) is 23.0. The van der Waals surface area contributed by atoms with Gasteiger partial charge in [0.05, 0.1) is 18.1 Å². The molecule has 1 saturated heterocycles. The minimum absolute atomic E-state index is 0.00543. The first-order valence-electron chi connectivity index (χ1n) is 9.05. The Kier molecular flexibility index (Phi) is 3.95. The number of hydrogen-bond donors (Lipinski definition) is 2. The van der Waals surface area contributed by atoms with E-state index in [0.717, 1.165) is 18.9 Å². The van der Waals surface area contributed by atoms with Crippen molar-refractivity contribution < 1.29 is 14.2 Å². The summed E-state index contributed by atoms with van der Waals surface area (Å²) in [5, 5.41) is 10.4. The van der Waals surface area contributed by atoms with Gasteiger partial charge in [-0.05, 0) is 38.7 Å². The molecule has 0 radical (unpaired) electrons. The first-order valence-corrected chi connectivity index (χ1v) is 9.05. The summed E-state index contributed by atoms with van der Waals surface area (Å²) in [5.74, 6) is 5.12. The number of nitrogen functional groups attached to an aromatic ring is 1. The standard InChI is InChI=1S/C18H23FN4O4/c1-18(26)6-3-7-21(9-18)14-12(19)8-11-13(15(14)27-2)22(10-4-5-10)17(25)23(20)16(11)24/h8,10,26H,3-7,9,20H2,1-2H3. The molecule has 1 aliphatic heterocycles. The lowest BCUT2D eigenvalue weighted by Gasteiger charge is -2.39. The Hall–Kier alpha value is -2.55. The predicted octanol–water partition coefficient (Wildman–Crippen LogP) is 0.711. The second kappa shape index (κ2) is 5.98. The Morgan fingerprint density at radius 1 is 1.37 bits per heavy atom. The van der Waals surface area contributed by atoms with Crippen molar-refractivity contribution in [3.8, 4) is 5.75 Å². The zero-order chi connectivity index (χ0) is 19.5. The molecule has 1 saturated carbocycles. The zero-order valence-electron chi connectivity index (χ0n) is 15.4. The molecule has 2 aliphatic rings. The molecule has 8 nitrogen and oxygen atoms in total. The highest BCUT2D eigenvalue weighted by Crippen LogP contribution is 2.43. The first kappa shape index (κ1) is 17.8. The molecule has 0 amide bonds. The molecule has 0 spiro atoms. The van der Waals surface area contributed by atoms with Gasteiger partial charge in [-0.2, -0.15) is 4.68 Å². The Morgan fingerprint density at radius 3 is 2.67 bits per heavy atom. The van der Waals surface area contributed by atoms with E-state index >= 15 is 4.39 Å². The minimum Gasteiger partial charge on any atom is -0.492 e. The number of nitrogens with two attached hydrogens (primary N) is 1. The van der Waals surface area contributed by atoms with E-state index in [9.17, 15) is 14.7 Å². The molecule has 2 fully saturated rings. The van der Waals surface area contributed by atoms with E-state index in [1.807, 2.05) is 0 Å². The molecule has 1 aromatic carbocycles. The number of nitrogens with zero attached hydrogens (tertiary/aromatic N) is 3. The highest BCUT2D eigenvalue weighted by Gasteiger charge is 2.35. The van der Waals surface area contributed by atoms with E-state index in [4.69, 9.17) is 10.6 Å². The maximum atomic E-state index is 15.1. The monoisotopic (exact) mass is 378 g/mol. The largest absolute Gasteiger partial charge is 0.492 e. The number of aliphatic hydroxyl groups is 1. The number of piperidine rings is 1. The lowest BCUT2D eigenvalue weighted by molar-refractivity contribution is 0.0446. The second-order valence-electron chi connectivity index (χ2n) is 7.72. The summed E-state index contributed by atoms with van der Waals surface area (Å²) in [7, 11) is 1.38. The summed E-state index contributed by atoms with van der Waals surface area (Å²) in [6.07, 6.45) is 2.86. The van der Waals surface area contributed by atoms with E-state index in [1.54, 1.807) is 11.8 Å². The highest BCUT2D eigenvalue weighted by molar-refractivity contribution is 5.91. The molecular formula is C18H23FN4O4. The molecule has 0 bridgehead atoms. The summed E-state index contributed by atoms with van der Waals surface area (Å²) in [6.45, 7) is 2.47. The molecule has 1 atom stereocenters. The molecule has 9 heteroatoms. The molecule has 1 aliphatic carbocycles. The van der Waals surface area contributed by atoms with Gasteiger partial charge in [-0.3, -0.25) is 9.36 Å². The Balaban J connectivity index is 2.06. The van der Waals surface area contributed by atoms with Gasteiger partial charge < -0.3 is 20.6 Å². The van der Waals surface area contributed by atoms with Crippen LogP contribution in [0.3, 0.4) is 0 Å². The van der Waals surface area contributed by atoms with Crippen molar-refractivity contribution >= 4 is 16.6 Å². The van der Waals surface area contributed by atoms with Gasteiger partial charge in [-0.25, -0.2) is 9.18 Å². The number of anilines is 1. The Bertz CT molecular complexity index is 1040. The van der Waals surface area contributed by atoms with E-state index in [-0.39, 0.29) is 34.9 Å². The first-order chi connectivity index (χ1) is 12.7. The number of rotatable bonds is 3. The van der Waals surface area contributed by atoms with Crippen LogP contribution in [-0.2, 0) is 0 Å². The van der Waals surface area contributed by atoms with E-state index in [1.165, 1.54) is 11.7 Å². The van der Waals surface area contributed by atoms with Gasteiger partial charge in [-0.1, -0.05) is 0 Å². The van der Waals surface area contributed by atoms with Crippen LogP contribution >= 0.6 is 0 Å². The molecular weight excluding hydrogens is 355 g/mol. The van der Waals surface area contributed by atoms with Crippen molar-refractivity contribution in [2.75, 3.05) is 30.9 Å². The topological polar surface area (TPSA) is 103 Å². The van der Waals surface area contributed by atoms with Gasteiger partial charge in [0.15, 0.2) is 11.6 Å². The third-order valence-corrected chi connectivity index (χ3v) is 5.39. The Labute approximate surface area is 154 Å². The van der Waals surface area contributed by atoms with Crippen LogP contribution in [0.15, 0.2) is 15.7 Å². The maximum absolute atomic E-state index is 15.1. The van der Waals surface area contributed by atoms with Crippen molar-refractivity contribution in [2.45, 2.75) is 44.2 Å². The molecule has 2 heterocycles. The summed E-state index contributed by atoms with van der Waals surface area (Å²) < 4.78 is 22.6. The molecule has 2 aromatic rings. The van der Waals surface area contributed by atoms with Gasteiger partial charge in [-0.15, -0.1) is 0 Å². The van der Waals surface area contributed by atoms with Gasteiger partial charge in [0.25, 0.3) is 5.56 Å². The summed E-state index contributed by atoms with van der Waals surface area (Å²) >= 11 is 0. The molecule has 1 aromatic heterocycles. The van der Waals surface area contributed by atoms with Gasteiger partial charge >= 0.3 is 5.69 Å². The minimum atomic E-state index is -0.957. The predicted molar refractivity (Wildman–Crippen MR) is 99.5 cm³/mol. The van der Waals surface area contributed by atoms with Crippen molar-refractivity contribution in [3.05, 3.63) is 32.7 Å². The summed E-state index contributed by atoms with van der Waals surface area (Å²) in [4.78, 5) is 26.8. The average molecular weight is 378 g/mol. The molecule has 27 heavy (non-hydrogen) atoms. The third-order valence-electron chi connectivity index (χ3n) is 5.39. The lowest BCUT2D eigenvalue weighted by Crippen LogP contribution is -2.47. The fraction of sp³-hybridized carbons (Fsp3) is 0.556. The fourth-order valence-electron chi connectivity index (χ4n) is 4.01. The van der Waals surface area contributed by atoms with E-state index < -0.39 is 22.7 Å². The van der Waals surface area contributed by atoms with Gasteiger partial charge in [0.2, 0.25) is 0 Å². The number of aromatic nitrogens is 2. The van der Waals surface area contributed by atoms with Crippen molar-refractivity contribution in [1.29, 1.82) is 0 Å². The number of halogens is 1. The number of hydrogen-bond acceptors (Lipinski definition) is 6. The molecule has 3 N–H and O–H groups in total. The van der Waals surface area contributed by atoms with E-state index in [2.05, 4.69) is 0 Å². The quantitative estimate of drug-likeness (QED) is 0.763. The fourth-order valence-corrected chi connectivity index (χ4v) is 4.01. The summed E-state index contributed by atoms with van der Waals surface area (Å²) in [6, 6.07) is 1.02. The van der Waals surface area contributed by atoms with Crippen LogP contribution in [0.5, 0.6) is 5.75 Å². The van der Waals surface area contributed by atoms with Gasteiger partial charge in [0, 0.05) is 19.1 Å². The van der Waals surface area contributed by atoms with Crippen molar-refractivity contribution in [3.63, 3.8) is 0 Å². The smallest absolute Gasteiger partial charge is 0.350 e.